The predicted molar refractivity (Wildman–Crippen MR) is 95.8 cm³/mol. The maximum Gasteiger partial charge on any atom is 0.282 e. The Morgan fingerprint density at radius 3 is 2.71 bits per heavy atom. The lowest BCUT2D eigenvalue weighted by molar-refractivity contribution is -0.907. The molecule has 0 bridgehead atoms. The number of hydrogen-bond donors (Lipinski definition) is 2. The zero-order chi connectivity index (χ0) is 17.7. The molecule has 0 aromatic heterocycles. The molecule has 0 aliphatic carbocycles. The van der Waals surface area contributed by atoms with E-state index < -0.39 is 5.82 Å². The van der Waals surface area contributed by atoms with E-state index in [0.717, 1.165) is 20.7 Å². The monoisotopic (exact) mass is 395 g/mol. The normalized spacial score (nSPS) is 13.2. The highest BCUT2D eigenvalue weighted by molar-refractivity contribution is 9.10. The third-order valence-corrected chi connectivity index (χ3v) is 4.47. The van der Waals surface area contributed by atoms with Gasteiger partial charge in [-0.15, -0.1) is 0 Å². The number of quaternary nitrogens is 1. The fourth-order valence-electron chi connectivity index (χ4n) is 2.37. The number of carbonyl (C=O) groups is 1. The zero-order valence-corrected chi connectivity index (χ0v) is 15.5. The van der Waals surface area contributed by atoms with Gasteiger partial charge in [0.15, 0.2) is 6.04 Å². The van der Waals surface area contributed by atoms with Crippen LogP contribution in [-0.2, 0) is 11.3 Å². The average Bonchev–Trinajstić information content (AvgIpc) is 2.56. The van der Waals surface area contributed by atoms with E-state index >= 15 is 0 Å². The predicted octanol–water partition coefficient (Wildman–Crippen LogP) is 2.64. The Morgan fingerprint density at radius 2 is 2.04 bits per heavy atom. The number of carbonyl (C=O) groups excluding carboxylic acids is 1. The summed E-state index contributed by atoms with van der Waals surface area (Å²) in [6.07, 6.45) is 0. The summed E-state index contributed by atoms with van der Waals surface area (Å²) < 4.78 is 20.0. The number of amides is 1. The average molecular weight is 396 g/mol. The summed E-state index contributed by atoms with van der Waals surface area (Å²) >= 11 is 3.45. The molecule has 0 saturated heterocycles. The van der Waals surface area contributed by atoms with E-state index in [1.54, 1.807) is 25.3 Å². The van der Waals surface area contributed by atoms with Crippen molar-refractivity contribution in [3.8, 4) is 5.75 Å². The quantitative estimate of drug-likeness (QED) is 0.789. The van der Waals surface area contributed by atoms with Crippen LogP contribution in [0.15, 0.2) is 46.9 Å². The maximum absolute atomic E-state index is 13.7. The number of nitrogens with one attached hydrogen (secondary N) is 2. The SMILES string of the molecule is COc1ccc(Br)cc1C[NH+](C)[C@H](C)C(=O)Nc1ccccc1F. The van der Waals surface area contributed by atoms with Gasteiger partial charge in [-0.3, -0.25) is 4.79 Å². The first kappa shape index (κ1) is 18.4. The van der Waals surface area contributed by atoms with Crippen LogP contribution in [-0.4, -0.2) is 26.1 Å². The molecule has 24 heavy (non-hydrogen) atoms. The Kier molecular flexibility index (Phi) is 6.34. The van der Waals surface area contributed by atoms with Crippen LogP contribution in [0.3, 0.4) is 0 Å². The van der Waals surface area contributed by atoms with E-state index in [9.17, 15) is 9.18 Å². The van der Waals surface area contributed by atoms with Gasteiger partial charge in [-0.2, -0.15) is 0 Å². The summed E-state index contributed by atoms with van der Waals surface area (Å²) in [4.78, 5) is 13.4. The second kappa shape index (κ2) is 8.26. The van der Waals surface area contributed by atoms with Crippen molar-refractivity contribution in [1.82, 2.24) is 0 Å². The van der Waals surface area contributed by atoms with Crippen molar-refractivity contribution in [3.05, 3.63) is 58.3 Å². The molecule has 0 heterocycles. The number of ether oxygens (including phenoxy) is 1. The molecule has 128 valence electrons. The summed E-state index contributed by atoms with van der Waals surface area (Å²) in [5, 5.41) is 2.64. The molecule has 0 fully saturated rings. The molecule has 2 aromatic rings. The van der Waals surface area contributed by atoms with Crippen LogP contribution in [0.1, 0.15) is 12.5 Å². The van der Waals surface area contributed by atoms with Gasteiger partial charge in [0.2, 0.25) is 0 Å². The van der Waals surface area contributed by atoms with E-state index in [-0.39, 0.29) is 17.6 Å². The summed E-state index contributed by atoms with van der Waals surface area (Å²) in [6.45, 7) is 2.42. The Bertz CT molecular complexity index is 724. The number of halogens is 2. The van der Waals surface area contributed by atoms with Crippen molar-refractivity contribution in [3.63, 3.8) is 0 Å². The van der Waals surface area contributed by atoms with Crippen LogP contribution in [0.4, 0.5) is 10.1 Å². The number of rotatable bonds is 6. The molecule has 2 atom stereocenters. The minimum absolute atomic E-state index is 0.196. The Labute approximate surface area is 149 Å². The first-order chi connectivity index (χ1) is 11.4. The maximum atomic E-state index is 13.7. The van der Waals surface area contributed by atoms with E-state index in [2.05, 4.69) is 21.2 Å². The Hall–Kier alpha value is -1.92. The van der Waals surface area contributed by atoms with Gasteiger partial charge < -0.3 is 15.0 Å². The second-order valence-electron chi connectivity index (χ2n) is 5.67. The molecular weight excluding hydrogens is 375 g/mol. The molecule has 0 radical (unpaired) electrons. The molecule has 0 spiro atoms. The summed E-state index contributed by atoms with van der Waals surface area (Å²) in [5.41, 5.74) is 1.19. The van der Waals surface area contributed by atoms with Crippen molar-refractivity contribution in [2.45, 2.75) is 19.5 Å². The van der Waals surface area contributed by atoms with Crippen LogP contribution in [0.25, 0.3) is 0 Å². The largest absolute Gasteiger partial charge is 0.496 e. The number of methoxy groups -OCH3 is 1. The van der Waals surface area contributed by atoms with Crippen LogP contribution in [0.5, 0.6) is 5.75 Å². The van der Waals surface area contributed by atoms with Gasteiger partial charge in [0, 0.05) is 10.0 Å². The minimum Gasteiger partial charge on any atom is -0.496 e. The molecule has 6 heteroatoms. The molecule has 4 nitrogen and oxygen atoms in total. The second-order valence-corrected chi connectivity index (χ2v) is 6.59. The van der Waals surface area contributed by atoms with Gasteiger partial charge in [0.25, 0.3) is 5.91 Å². The summed E-state index contributed by atoms with van der Waals surface area (Å²) in [6, 6.07) is 11.6. The van der Waals surface area contributed by atoms with Crippen LogP contribution < -0.4 is 15.0 Å². The number of anilines is 1. The summed E-state index contributed by atoms with van der Waals surface area (Å²) in [7, 11) is 3.54. The fourth-order valence-corrected chi connectivity index (χ4v) is 2.77. The van der Waals surface area contributed by atoms with Crippen molar-refractivity contribution < 1.29 is 18.8 Å². The molecule has 0 saturated carbocycles. The van der Waals surface area contributed by atoms with E-state index in [0.29, 0.717) is 6.54 Å². The number of para-hydroxylation sites is 1. The lowest BCUT2D eigenvalue weighted by atomic mass is 10.1. The molecule has 1 amide bonds. The summed E-state index contributed by atoms with van der Waals surface area (Å²) in [5.74, 6) is 0.107. The molecule has 2 aromatic carbocycles. The van der Waals surface area contributed by atoms with Crippen molar-refractivity contribution in [2.75, 3.05) is 19.5 Å². The highest BCUT2D eigenvalue weighted by atomic mass is 79.9. The van der Waals surface area contributed by atoms with Crippen molar-refractivity contribution in [1.29, 1.82) is 0 Å². The van der Waals surface area contributed by atoms with Crippen LogP contribution >= 0.6 is 15.9 Å². The minimum atomic E-state index is -0.440. The van der Waals surface area contributed by atoms with Gasteiger partial charge in [-0.05, 0) is 37.3 Å². The first-order valence-electron chi connectivity index (χ1n) is 7.62. The molecule has 0 aliphatic heterocycles. The first-order valence-corrected chi connectivity index (χ1v) is 8.41. The van der Waals surface area contributed by atoms with E-state index in [1.165, 1.54) is 6.07 Å². The highest BCUT2D eigenvalue weighted by Gasteiger charge is 2.24. The van der Waals surface area contributed by atoms with Gasteiger partial charge >= 0.3 is 0 Å². The topological polar surface area (TPSA) is 42.8 Å². The Balaban J connectivity index is 2.06. The third kappa shape index (κ3) is 4.55. The van der Waals surface area contributed by atoms with E-state index in [1.807, 2.05) is 32.2 Å². The lowest BCUT2D eigenvalue weighted by Crippen LogP contribution is -3.12. The molecule has 0 aliphatic rings. The van der Waals surface area contributed by atoms with Gasteiger partial charge in [0.05, 0.1) is 19.8 Å². The number of benzene rings is 2. The molecular formula is C18H21BrFN2O2+. The van der Waals surface area contributed by atoms with Crippen LogP contribution in [0.2, 0.25) is 0 Å². The standard InChI is InChI=1S/C18H20BrFN2O2/c1-12(18(23)21-16-7-5-4-6-15(16)20)22(2)11-13-10-14(19)8-9-17(13)24-3/h4-10,12H,11H2,1-3H3,(H,21,23)/p+1/t12-/m1/s1. The Morgan fingerprint density at radius 1 is 1.33 bits per heavy atom. The third-order valence-electron chi connectivity index (χ3n) is 3.98. The van der Waals surface area contributed by atoms with E-state index in [4.69, 9.17) is 4.74 Å². The van der Waals surface area contributed by atoms with Gasteiger partial charge in [-0.1, -0.05) is 28.1 Å². The van der Waals surface area contributed by atoms with Crippen molar-refractivity contribution >= 4 is 27.5 Å². The number of likely N-dealkylation sites (N-methyl/N-ethyl adjacent to an activating group) is 1. The fraction of sp³-hybridized carbons (Fsp3) is 0.278. The molecule has 1 unspecified atom stereocenters. The smallest absolute Gasteiger partial charge is 0.282 e. The van der Waals surface area contributed by atoms with Gasteiger partial charge in [0.1, 0.15) is 18.1 Å². The molecule has 2 rings (SSSR count). The number of hydrogen-bond acceptors (Lipinski definition) is 2. The zero-order valence-electron chi connectivity index (χ0n) is 13.9. The highest BCUT2D eigenvalue weighted by Crippen LogP contribution is 2.22. The van der Waals surface area contributed by atoms with Crippen LogP contribution in [0, 0.1) is 5.82 Å². The van der Waals surface area contributed by atoms with Crippen molar-refractivity contribution in [2.24, 2.45) is 0 Å². The lowest BCUT2D eigenvalue weighted by Gasteiger charge is -2.22. The molecule has 2 N–H and O–H groups in total. The van der Waals surface area contributed by atoms with Gasteiger partial charge in [-0.25, -0.2) is 4.39 Å².